The number of aromatic nitrogens is 1. The third-order valence-electron chi connectivity index (χ3n) is 2.72. The lowest BCUT2D eigenvalue weighted by molar-refractivity contribution is 1.31. The molecule has 0 aliphatic carbocycles. The van der Waals surface area contributed by atoms with E-state index in [0.717, 1.165) is 16.5 Å². The van der Waals surface area contributed by atoms with E-state index in [1.807, 2.05) is 60.7 Å². The molecular weight excluding hydrogens is 250 g/mol. The van der Waals surface area contributed by atoms with Crippen molar-refractivity contribution in [3.63, 3.8) is 0 Å². The van der Waals surface area contributed by atoms with E-state index in [4.69, 9.17) is 11.1 Å². The van der Waals surface area contributed by atoms with Gasteiger partial charge >= 0.3 is 0 Å². The van der Waals surface area contributed by atoms with Crippen LogP contribution in [0.5, 0.6) is 0 Å². The first kappa shape index (κ1) is 13.5. The molecule has 3 aromatic rings. The number of benzene rings is 2. The number of hydrogen-bond donors (Lipinski definition) is 3. The van der Waals surface area contributed by atoms with Crippen molar-refractivity contribution in [2.45, 2.75) is 0 Å². The van der Waals surface area contributed by atoms with Crippen LogP contribution in [0.2, 0.25) is 0 Å². The summed E-state index contributed by atoms with van der Waals surface area (Å²) in [5.41, 5.74) is 6.81. The number of para-hydroxylation sites is 1. The van der Waals surface area contributed by atoms with Gasteiger partial charge in [0.05, 0.1) is 0 Å². The standard InChI is InChI=1S/C9H7NO.C7H8N2/c11-9-6-5-7-3-1-2-4-8(7)10-9;8-7(9)6-4-2-1-3-5-6/h1-6H,(H,10,11);1-5H,(H3,8,9). The normalized spacial score (nSPS) is 9.60. The smallest absolute Gasteiger partial charge is 0.248 e. The van der Waals surface area contributed by atoms with E-state index in [9.17, 15) is 4.79 Å². The van der Waals surface area contributed by atoms with Crippen molar-refractivity contribution in [1.82, 2.24) is 4.98 Å². The summed E-state index contributed by atoms with van der Waals surface area (Å²) in [6.45, 7) is 0. The Hall–Kier alpha value is -2.88. The molecule has 4 nitrogen and oxygen atoms in total. The van der Waals surface area contributed by atoms with Gasteiger partial charge in [-0.15, -0.1) is 0 Å². The number of hydrogen-bond acceptors (Lipinski definition) is 2. The van der Waals surface area contributed by atoms with E-state index in [-0.39, 0.29) is 11.4 Å². The molecule has 100 valence electrons. The Kier molecular flexibility index (Phi) is 4.29. The molecular formula is C16H15N3O. The molecule has 0 amide bonds. The summed E-state index contributed by atoms with van der Waals surface area (Å²) in [4.78, 5) is 13.6. The van der Waals surface area contributed by atoms with Gasteiger partial charge in [0.15, 0.2) is 0 Å². The maximum absolute atomic E-state index is 10.8. The number of H-pyrrole nitrogens is 1. The van der Waals surface area contributed by atoms with Crippen LogP contribution in [-0.4, -0.2) is 10.8 Å². The Morgan fingerprint density at radius 3 is 2.20 bits per heavy atom. The number of pyridine rings is 1. The summed E-state index contributed by atoms with van der Waals surface area (Å²) in [6.07, 6.45) is 0. The fourth-order valence-electron chi connectivity index (χ4n) is 1.71. The minimum atomic E-state index is -0.0521. The Morgan fingerprint density at radius 2 is 1.55 bits per heavy atom. The molecule has 1 heterocycles. The Labute approximate surface area is 116 Å². The lowest BCUT2D eigenvalue weighted by Gasteiger charge is -1.93. The van der Waals surface area contributed by atoms with Crippen molar-refractivity contribution in [3.8, 4) is 0 Å². The van der Waals surface area contributed by atoms with Gasteiger partial charge in [-0.1, -0.05) is 48.5 Å². The van der Waals surface area contributed by atoms with Gasteiger partial charge in [0.2, 0.25) is 5.56 Å². The zero-order valence-electron chi connectivity index (χ0n) is 10.8. The molecule has 0 spiro atoms. The van der Waals surface area contributed by atoms with Gasteiger partial charge in [-0.2, -0.15) is 0 Å². The molecule has 0 aliphatic rings. The second-order valence-corrected chi connectivity index (χ2v) is 4.19. The highest BCUT2D eigenvalue weighted by molar-refractivity contribution is 5.94. The van der Waals surface area contributed by atoms with Gasteiger partial charge in [0.25, 0.3) is 0 Å². The number of nitrogens with one attached hydrogen (secondary N) is 2. The highest BCUT2D eigenvalue weighted by atomic mass is 16.1. The predicted octanol–water partition coefficient (Wildman–Crippen LogP) is 2.50. The zero-order valence-corrected chi connectivity index (χ0v) is 10.8. The lowest BCUT2D eigenvalue weighted by Crippen LogP contribution is -2.10. The first-order chi connectivity index (χ1) is 9.66. The van der Waals surface area contributed by atoms with Crippen LogP contribution in [0.4, 0.5) is 0 Å². The highest BCUT2D eigenvalue weighted by Crippen LogP contribution is 2.06. The van der Waals surface area contributed by atoms with Gasteiger partial charge in [-0.05, 0) is 17.5 Å². The van der Waals surface area contributed by atoms with Crippen molar-refractivity contribution >= 4 is 16.7 Å². The summed E-state index contributed by atoms with van der Waals surface area (Å²) >= 11 is 0. The summed E-state index contributed by atoms with van der Waals surface area (Å²) in [6, 6.07) is 20.3. The first-order valence-corrected chi connectivity index (χ1v) is 6.14. The number of nitrogens with two attached hydrogens (primary N) is 1. The first-order valence-electron chi connectivity index (χ1n) is 6.14. The van der Waals surface area contributed by atoms with E-state index >= 15 is 0 Å². The van der Waals surface area contributed by atoms with Crippen molar-refractivity contribution in [2.75, 3.05) is 0 Å². The summed E-state index contributed by atoms with van der Waals surface area (Å²) in [5, 5.41) is 8.08. The number of aromatic amines is 1. The molecule has 0 bridgehead atoms. The minimum absolute atomic E-state index is 0.0521. The van der Waals surface area contributed by atoms with Crippen LogP contribution < -0.4 is 11.3 Å². The van der Waals surface area contributed by atoms with E-state index in [0.29, 0.717) is 0 Å². The SMILES string of the molecule is N=C(N)c1ccccc1.O=c1ccc2ccccc2[nH]1. The monoisotopic (exact) mass is 265 g/mol. The molecule has 3 rings (SSSR count). The molecule has 0 radical (unpaired) electrons. The number of fused-ring (bicyclic) bond motifs is 1. The topological polar surface area (TPSA) is 82.7 Å². The molecule has 0 atom stereocenters. The van der Waals surface area contributed by atoms with Crippen LogP contribution in [0, 0.1) is 5.41 Å². The second-order valence-electron chi connectivity index (χ2n) is 4.19. The van der Waals surface area contributed by atoms with Crippen molar-refractivity contribution in [1.29, 1.82) is 5.41 Å². The molecule has 4 heteroatoms. The van der Waals surface area contributed by atoms with Crippen molar-refractivity contribution in [3.05, 3.63) is 82.6 Å². The molecule has 4 N–H and O–H groups in total. The number of nitrogen functional groups attached to an aromatic ring is 1. The molecule has 0 fully saturated rings. The van der Waals surface area contributed by atoms with Crippen molar-refractivity contribution in [2.24, 2.45) is 5.73 Å². The fourth-order valence-corrected chi connectivity index (χ4v) is 1.71. The van der Waals surface area contributed by atoms with Crippen LogP contribution in [-0.2, 0) is 0 Å². The average Bonchev–Trinajstić information content (AvgIpc) is 2.48. The Balaban J connectivity index is 0.000000151. The van der Waals surface area contributed by atoms with Gasteiger partial charge in [-0.3, -0.25) is 10.2 Å². The van der Waals surface area contributed by atoms with Gasteiger partial charge < -0.3 is 10.7 Å². The Bertz CT molecular complexity index is 763. The second kappa shape index (κ2) is 6.33. The predicted molar refractivity (Wildman–Crippen MR) is 82.0 cm³/mol. The summed E-state index contributed by atoms with van der Waals surface area (Å²) < 4.78 is 0. The maximum Gasteiger partial charge on any atom is 0.248 e. The van der Waals surface area contributed by atoms with E-state index in [1.54, 1.807) is 0 Å². The van der Waals surface area contributed by atoms with Gasteiger partial charge in [0.1, 0.15) is 5.84 Å². The molecule has 0 aliphatic heterocycles. The van der Waals surface area contributed by atoms with Gasteiger partial charge in [0, 0.05) is 17.1 Å². The molecule has 1 aromatic heterocycles. The number of amidine groups is 1. The molecule has 0 saturated carbocycles. The van der Waals surface area contributed by atoms with Crippen LogP contribution in [0.15, 0.2) is 71.5 Å². The van der Waals surface area contributed by atoms with E-state index < -0.39 is 0 Å². The molecule has 0 unspecified atom stereocenters. The lowest BCUT2D eigenvalue weighted by atomic mass is 10.2. The highest BCUT2D eigenvalue weighted by Gasteiger charge is 1.90. The largest absolute Gasteiger partial charge is 0.384 e. The number of rotatable bonds is 1. The molecule has 0 saturated heterocycles. The van der Waals surface area contributed by atoms with Crippen LogP contribution in [0.3, 0.4) is 0 Å². The quantitative estimate of drug-likeness (QED) is 0.466. The van der Waals surface area contributed by atoms with Crippen molar-refractivity contribution < 1.29 is 0 Å². The fraction of sp³-hybridized carbons (Fsp3) is 0. The average molecular weight is 265 g/mol. The van der Waals surface area contributed by atoms with E-state index in [2.05, 4.69) is 4.98 Å². The zero-order chi connectivity index (χ0) is 14.4. The maximum atomic E-state index is 10.8. The van der Waals surface area contributed by atoms with E-state index in [1.165, 1.54) is 6.07 Å². The van der Waals surface area contributed by atoms with Crippen LogP contribution >= 0.6 is 0 Å². The van der Waals surface area contributed by atoms with Gasteiger partial charge in [-0.25, -0.2) is 0 Å². The third kappa shape index (κ3) is 3.55. The molecule has 2 aromatic carbocycles. The van der Waals surface area contributed by atoms with Crippen LogP contribution in [0.1, 0.15) is 5.56 Å². The minimum Gasteiger partial charge on any atom is -0.384 e. The molecule has 20 heavy (non-hydrogen) atoms. The van der Waals surface area contributed by atoms with Crippen LogP contribution in [0.25, 0.3) is 10.9 Å². The summed E-state index contributed by atoms with van der Waals surface area (Å²) in [5.74, 6) is 0.121. The summed E-state index contributed by atoms with van der Waals surface area (Å²) in [7, 11) is 0. The third-order valence-corrected chi connectivity index (χ3v) is 2.72. The Morgan fingerprint density at radius 1 is 0.900 bits per heavy atom.